The summed E-state index contributed by atoms with van der Waals surface area (Å²) in [7, 11) is 0. The summed E-state index contributed by atoms with van der Waals surface area (Å²) < 4.78 is 10.4. The van der Waals surface area contributed by atoms with E-state index in [-0.39, 0.29) is 24.3 Å². The highest BCUT2D eigenvalue weighted by molar-refractivity contribution is 5.97. The third-order valence-corrected chi connectivity index (χ3v) is 4.15. The average Bonchev–Trinajstić information content (AvgIpc) is 2.60. The number of nitrogens with one attached hydrogen (secondary N) is 2. The number of nitrogens with zero attached hydrogens (tertiary/aromatic N) is 1. The van der Waals surface area contributed by atoms with E-state index in [0.29, 0.717) is 25.3 Å². The minimum Gasteiger partial charge on any atom is -0.444 e. The lowest BCUT2D eigenvalue weighted by Gasteiger charge is -2.27. The lowest BCUT2D eigenvalue weighted by atomic mass is 10.0. The van der Waals surface area contributed by atoms with Gasteiger partial charge in [0.15, 0.2) is 0 Å². The van der Waals surface area contributed by atoms with Crippen molar-refractivity contribution >= 4 is 29.3 Å². The van der Waals surface area contributed by atoms with Gasteiger partial charge in [0.05, 0.1) is 6.61 Å². The predicted molar refractivity (Wildman–Crippen MR) is 111 cm³/mol. The molecule has 2 rings (SSSR count). The topological polar surface area (TPSA) is 97.0 Å². The Kier molecular flexibility index (Phi) is 7.61. The van der Waals surface area contributed by atoms with E-state index in [1.54, 1.807) is 49.9 Å². The predicted octanol–water partition coefficient (Wildman–Crippen LogP) is 2.93. The van der Waals surface area contributed by atoms with Crippen LogP contribution in [-0.4, -0.2) is 49.3 Å². The van der Waals surface area contributed by atoms with Crippen LogP contribution >= 0.6 is 0 Å². The van der Waals surface area contributed by atoms with E-state index in [2.05, 4.69) is 10.6 Å². The Morgan fingerprint density at radius 3 is 2.41 bits per heavy atom. The minimum atomic E-state index is -0.717. The van der Waals surface area contributed by atoms with Crippen LogP contribution in [0.3, 0.4) is 0 Å². The van der Waals surface area contributed by atoms with Crippen LogP contribution in [0.4, 0.5) is 16.2 Å². The third kappa shape index (κ3) is 7.38. The highest BCUT2D eigenvalue weighted by Crippen LogP contribution is 2.20. The lowest BCUT2D eigenvalue weighted by Crippen LogP contribution is -2.46. The smallest absolute Gasteiger partial charge is 0.408 e. The Balaban J connectivity index is 2.02. The van der Waals surface area contributed by atoms with Gasteiger partial charge in [-0.25, -0.2) is 4.79 Å². The van der Waals surface area contributed by atoms with Gasteiger partial charge in [0.25, 0.3) is 5.91 Å². The average molecular weight is 405 g/mol. The second-order valence-corrected chi connectivity index (χ2v) is 8.46. The zero-order chi connectivity index (χ0) is 21.6. The molecular formula is C21H31N3O5. The zero-order valence-electron chi connectivity index (χ0n) is 17.8. The summed E-state index contributed by atoms with van der Waals surface area (Å²) in [5.74, 6) is -0.207. The standard InChI is InChI=1S/C21H31N3O5/c1-14(2)12-17(23-20(27)29-21(3,4)5)19(26)22-15-6-8-16(9-7-15)24-10-11-28-13-18(24)25/h6-9,14,17H,10-13H2,1-5H3,(H,22,26)(H,23,27). The molecular weight excluding hydrogens is 374 g/mol. The molecule has 0 aliphatic carbocycles. The number of hydrogen-bond donors (Lipinski definition) is 2. The van der Waals surface area contributed by atoms with Crippen molar-refractivity contribution in [3.63, 3.8) is 0 Å². The molecule has 0 spiro atoms. The molecule has 0 radical (unpaired) electrons. The molecule has 1 aliphatic rings. The Morgan fingerprint density at radius 1 is 1.21 bits per heavy atom. The number of alkyl carbamates (subject to hydrolysis) is 1. The summed E-state index contributed by atoms with van der Waals surface area (Å²) in [6, 6.07) is 6.30. The van der Waals surface area contributed by atoms with Crippen LogP contribution < -0.4 is 15.5 Å². The summed E-state index contributed by atoms with van der Waals surface area (Å²) in [5.41, 5.74) is 0.691. The number of amides is 3. The first kappa shape index (κ1) is 22.7. The number of ether oxygens (including phenoxy) is 2. The molecule has 0 bridgehead atoms. The molecule has 8 nitrogen and oxygen atoms in total. The monoisotopic (exact) mass is 405 g/mol. The van der Waals surface area contributed by atoms with Gasteiger partial charge >= 0.3 is 6.09 Å². The minimum absolute atomic E-state index is 0.0751. The molecule has 29 heavy (non-hydrogen) atoms. The summed E-state index contributed by atoms with van der Waals surface area (Å²) in [6.07, 6.45) is -0.148. The van der Waals surface area contributed by atoms with Crippen LogP contribution in [-0.2, 0) is 19.1 Å². The van der Waals surface area contributed by atoms with Gasteiger partial charge < -0.3 is 25.0 Å². The first-order valence-electron chi connectivity index (χ1n) is 9.83. The van der Waals surface area contributed by atoms with Gasteiger partial charge in [0, 0.05) is 17.9 Å². The van der Waals surface area contributed by atoms with E-state index in [0.717, 1.165) is 5.69 Å². The van der Waals surface area contributed by atoms with Gasteiger partial charge in [-0.05, 0) is 57.4 Å². The van der Waals surface area contributed by atoms with Gasteiger partial charge in [0.2, 0.25) is 5.91 Å². The van der Waals surface area contributed by atoms with Crippen molar-refractivity contribution in [3.8, 4) is 0 Å². The highest BCUT2D eigenvalue weighted by atomic mass is 16.6. The highest BCUT2D eigenvalue weighted by Gasteiger charge is 2.25. The molecule has 3 amide bonds. The molecule has 2 N–H and O–H groups in total. The van der Waals surface area contributed by atoms with Crippen LogP contribution in [0, 0.1) is 5.92 Å². The Bertz CT molecular complexity index is 725. The second-order valence-electron chi connectivity index (χ2n) is 8.46. The molecule has 0 aromatic heterocycles. The Hall–Kier alpha value is -2.61. The van der Waals surface area contributed by atoms with Gasteiger partial charge in [-0.1, -0.05) is 13.8 Å². The normalized spacial score (nSPS) is 15.8. The van der Waals surface area contributed by atoms with Crippen molar-refractivity contribution in [3.05, 3.63) is 24.3 Å². The Morgan fingerprint density at radius 2 is 1.86 bits per heavy atom. The third-order valence-electron chi connectivity index (χ3n) is 4.15. The number of benzene rings is 1. The van der Waals surface area contributed by atoms with Crippen LogP contribution in [0.5, 0.6) is 0 Å². The molecule has 1 unspecified atom stereocenters. The van der Waals surface area contributed by atoms with Crippen molar-refractivity contribution in [2.75, 3.05) is 30.0 Å². The molecule has 0 saturated carbocycles. The largest absolute Gasteiger partial charge is 0.444 e. The van der Waals surface area contributed by atoms with Crippen molar-refractivity contribution < 1.29 is 23.9 Å². The SMILES string of the molecule is CC(C)CC(NC(=O)OC(C)(C)C)C(=O)Nc1ccc(N2CCOCC2=O)cc1. The van der Waals surface area contributed by atoms with Crippen LogP contribution in [0.1, 0.15) is 41.0 Å². The van der Waals surface area contributed by atoms with E-state index in [1.807, 2.05) is 13.8 Å². The van der Waals surface area contributed by atoms with E-state index < -0.39 is 17.7 Å². The maximum absolute atomic E-state index is 12.7. The van der Waals surface area contributed by atoms with E-state index in [4.69, 9.17) is 9.47 Å². The molecule has 1 saturated heterocycles. The molecule has 1 fully saturated rings. The lowest BCUT2D eigenvalue weighted by molar-refractivity contribution is -0.125. The number of carbonyl (C=O) groups is 3. The van der Waals surface area contributed by atoms with Crippen LogP contribution in [0.15, 0.2) is 24.3 Å². The maximum Gasteiger partial charge on any atom is 0.408 e. The molecule has 8 heteroatoms. The number of hydrogen-bond acceptors (Lipinski definition) is 5. The van der Waals surface area contributed by atoms with E-state index in [1.165, 1.54) is 0 Å². The molecule has 1 atom stereocenters. The Labute approximate surface area is 171 Å². The van der Waals surface area contributed by atoms with Gasteiger partial charge in [0.1, 0.15) is 18.2 Å². The van der Waals surface area contributed by atoms with Crippen molar-refractivity contribution in [2.24, 2.45) is 5.92 Å². The van der Waals surface area contributed by atoms with Gasteiger partial charge in [-0.3, -0.25) is 9.59 Å². The summed E-state index contributed by atoms with van der Waals surface area (Å²) in [5, 5.41) is 5.47. The number of morpholine rings is 1. The van der Waals surface area contributed by atoms with Crippen molar-refractivity contribution in [2.45, 2.75) is 52.7 Å². The van der Waals surface area contributed by atoms with Crippen LogP contribution in [0.25, 0.3) is 0 Å². The fourth-order valence-corrected chi connectivity index (χ4v) is 2.90. The zero-order valence-corrected chi connectivity index (χ0v) is 17.8. The fraction of sp³-hybridized carbons (Fsp3) is 0.571. The van der Waals surface area contributed by atoms with E-state index >= 15 is 0 Å². The first-order valence-corrected chi connectivity index (χ1v) is 9.83. The maximum atomic E-state index is 12.7. The van der Waals surface area contributed by atoms with Crippen LogP contribution in [0.2, 0.25) is 0 Å². The molecule has 160 valence electrons. The van der Waals surface area contributed by atoms with Crippen molar-refractivity contribution in [1.82, 2.24) is 5.32 Å². The first-order chi connectivity index (χ1) is 13.5. The summed E-state index contributed by atoms with van der Waals surface area (Å²) in [6.45, 7) is 10.3. The number of carbonyl (C=O) groups excluding carboxylic acids is 3. The quantitative estimate of drug-likeness (QED) is 0.758. The molecule has 1 aromatic carbocycles. The summed E-state index contributed by atoms with van der Waals surface area (Å²) in [4.78, 5) is 38.4. The van der Waals surface area contributed by atoms with E-state index in [9.17, 15) is 14.4 Å². The fourth-order valence-electron chi connectivity index (χ4n) is 2.90. The van der Waals surface area contributed by atoms with Gasteiger partial charge in [-0.2, -0.15) is 0 Å². The molecule has 1 heterocycles. The molecule has 1 aromatic rings. The number of anilines is 2. The number of rotatable bonds is 6. The van der Waals surface area contributed by atoms with Gasteiger partial charge in [-0.15, -0.1) is 0 Å². The molecule has 1 aliphatic heterocycles. The summed E-state index contributed by atoms with van der Waals surface area (Å²) >= 11 is 0. The second kappa shape index (κ2) is 9.73. The van der Waals surface area contributed by atoms with Crippen molar-refractivity contribution in [1.29, 1.82) is 0 Å².